The Morgan fingerprint density at radius 1 is 1.13 bits per heavy atom. The van der Waals surface area contributed by atoms with Crippen molar-refractivity contribution in [2.75, 3.05) is 27.9 Å². The third-order valence-electron chi connectivity index (χ3n) is 2.05. The summed E-state index contributed by atoms with van der Waals surface area (Å²) < 4.78 is 15.6. The van der Waals surface area contributed by atoms with Crippen LogP contribution in [-0.4, -0.2) is 52.8 Å². The number of rotatable bonds is 8. The fourth-order valence-corrected chi connectivity index (χ4v) is 2.91. The van der Waals surface area contributed by atoms with Crippen LogP contribution in [0.15, 0.2) is 0 Å². The van der Waals surface area contributed by atoms with Crippen LogP contribution < -0.4 is 5.32 Å². The maximum Gasteiger partial charge on any atom is 0.500 e. The zero-order valence-corrected chi connectivity index (χ0v) is 10.7. The number of hydrogen-bond donors (Lipinski definition) is 3. The van der Waals surface area contributed by atoms with Crippen LogP contribution in [0.2, 0.25) is 6.04 Å². The van der Waals surface area contributed by atoms with Gasteiger partial charge in [0, 0.05) is 34.3 Å². The van der Waals surface area contributed by atoms with Crippen LogP contribution in [0.25, 0.3) is 0 Å². The van der Waals surface area contributed by atoms with E-state index in [1.165, 1.54) is 6.92 Å². The van der Waals surface area contributed by atoms with E-state index in [4.69, 9.17) is 23.5 Å². The second kappa shape index (κ2) is 6.54. The predicted molar refractivity (Wildman–Crippen MR) is 57.1 cm³/mol. The quantitative estimate of drug-likeness (QED) is 0.301. The van der Waals surface area contributed by atoms with Gasteiger partial charge in [-0.25, -0.2) is 0 Å². The molecule has 6 nitrogen and oxygen atoms in total. The smallest absolute Gasteiger partial charge is 0.377 e. The standard InChI is InChI=1S/C8H21NO5Si/c1-8(10,11)9-6-5-7-15(12-2,13-3)14-4/h9-11H,5-7H2,1-4H3. The average molecular weight is 239 g/mol. The van der Waals surface area contributed by atoms with Gasteiger partial charge in [0.05, 0.1) is 0 Å². The summed E-state index contributed by atoms with van der Waals surface area (Å²) in [7, 11) is 2.13. The Hall–Kier alpha value is -0.0231. The number of nitrogens with one attached hydrogen (secondary N) is 1. The lowest BCUT2D eigenvalue weighted by molar-refractivity contribution is -0.169. The Balaban J connectivity index is 3.82. The van der Waals surface area contributed by atoms with Crippen molar-refractivity contribution in [2.24, 2.45) is 0 Å². The molecule has 0 bridgehead atoms. The van der Waals surface area contributed by atoms with Crippen LogP contribution in [0.5, 0.6) is 0 Å². The van der Waals surface area contributed by atoms with Gasteiger partial charge in [-0.1, -0.05) is 0 Å². The highest BCUT2D eigenvalue weighted by Gasteiger charge is 2.36. The molecule has 0 aromatic heterocycles. The Bertz CT molecular complexity index is 161. The molecule has 0 saturated heterocycles. The Labute approximate surface area is 91.5 Å². The lowest BCUT2D eigenvalue weighted by atomic mass is 10.4. The normalized spacial score (nSPS) is 13.2. The van der Waals surface area contributed by atoms with E-state index in [9.17, 15) is 0 Å². The first kappa shape index (κ1) is 15.0. The first-order valence-corrected chi connectivity index (χ1v) is 6.67. The molecule has 0 atom stereocenters. The van der Waals surface area contributed by atoms with Gasteiger partial charge in [0.2, 0.25) is 5.91 Å². The first-order chi connectivity index (χ1) is 6.89. The number of aliphatic hydroxyl groups is 2. The summed E-state index contributed by atoms with van der Waals surface area (Å²) in [4.78, 5) is 0. The molecule has 0 aliphatic rings. The van der Waals surface area contributed by atoms with Crippen LogP contribution in [-0.2, 0) is 13.3 Å². The molecule has 92 valence electrons. The van der Waals surface area contributed by atoms with Crippen LogP contribution >= 0.6 is 0 Å². The SMILES string of the molecule is CO[Si](CCCNC(C)(O)O)(OC)OC. The van der Waals surface area contributed by atoms with E-state index < -0.39 is 14.7 Å². The molecular weight excluding hydrogens is 218 g/mol. The molecule has 0 spiro atoms. The highest BCUT2D eigenvalue weighted by atomic mass is 28.4. The Morgan fingerprint density at radius 3 is 1.93 bits per heavy atom. The monoisotopic (exact) mass is 239 g/mol. The van der Waals surface area contributed by atoms with Gasteiger partial charge in [-0.3, -0.25) is 5.32 Å². The summed E-state index contributed by atoms with van der Waals surface area (Å²) in [5.41, 5.74) is 0. The zero-order chi connectivity index (χ0) is 11.9. The zero-order valence-electron chi connectivity index (χ0n) is 9.74. The molecular formula is C8H21NO5Si. The van der Waals surface area contributed by atoms with E-state index in [1.807, 2.05) is 0 Å². The minimum Gasteiger partial charge on any atom is -0.377 e. The van der Waals surface area contributed by atoms with Gasteiger partial charge in [0.1, 0.15) is 0 Å². The molecule has 0 aromatic rings. The molecule has 0 amide bonds. The molecule has 15 heavy (non-hydrogen) atoms. The summed E-state index contributed by atoms with van der Waals surface area (Å²) in [5.74, 6) is -1.84. The lowest BCUT2D eigenvalue weighted by Gasteiger charge is -2.25. The second-order valence-electron chi connectivity index (χ2n) is 3.35. The summed E-state index contributed by atoms with van der Waals surface area (Å²) in [5, 5.41) is 20.5. The van der Waals surface area contributed by atoms with Crippen molar-refractivity contribution in [2.45, 2.75) is 25.3 Å². The van der Waals surface area contributed by atoms with Gasteiger partial charge in [0.15, 0.2) is 0 Å². The summed E-state index contributed by atoms with van der Waals surface area (Å²) in [6.45, 7) is 1.72. The second-order valence-corrected chi connectivity index (χ2v) is 6.44. The van der Waals surface area contributed by atoms with Gasteiger partial charge in [-0.2, -0.15) is 0 Å². The van der Waals surface area contributed by atoms with Crippen LogP contribution in [0.4, 0.5) is 0 Å². The van der Waals surface area contributed by atoms with Crippen molar-refractivity contribution >= 4 is 8.80 Å². The topological polar surface area (TPSA) is 80.2 Å². The molecule has 0 rings (SSSR count). The molecule has 7 heteroatoms. The van der Waals surface area contributed by atoms with E-state index in [2.05, 4.69) is 5.32 Å². The summed E-state index contributed by atoms with van der Waals surface area (Å²) >= 11 is 0. The molecule has 0 aliphatic carbocycles. The molecule has 0 heterocycles. The third kappa shape index (κ3) is 6.20. The molecule has 0 aliphatic heterocycles. The van der Waals surface area contributed by atoms with Crippen LogP contribution in [0.1, 0.15) is 13.3 Å². The highest BCUT2D eigenvalue weighted by Crippen LogP contribution is 2.14. The minimum atomic E-state index is -2.52. The molecule has 0 fully saturated rings. The molecule has 0 aromatic carbocycles. The van der Waals surface area contributed by atoms with Gasteiger partial charge in [-0.15, -0.1) is 0 Å². The maximum atomic E-state index is 8.98. The summed E-state index contributed by atoms with van der Waals surface area (Å²) in [6.07, 6.45) is 0.679. The largest absolute Gasteiger partial charge is 0.500 e. The predicted octanol–water partition coefficient (Wildman–Crippen LogP) is -0.497. The Kier molecular flexibility index (Phi) is 6.53. The van der Waals surface area contributed by atoms with Gasteiger partial charge >= 0.3 is 8.80 Å². The van der Waals surface area contributed by atoms with Gasteiger partial charge < -0.3 is 23.5 Å². The van der Waals surface area contributed by atoms with Gasteiger partial charge in [-0.05, 0) is 13.0 Å². The fourth-order valence-electron chi connectivity index (χ4n) is 1.19. The lowest BCUT2D eigenvalue weighted by Crippen LogP contribution is -2.45. The van der Waals surface area contributed by atoms with E-state index in [1.54, 1.807) is 21.3 Å². The molecule has 0 saturated carbocycles. The maximum absolute atomic E-state index is 8.98. The van der Waals surface area contributed by atoms with E-state index in [0.717, 1.165) is 0 Å². The minimum absolute atomic E-state index is 0.453. The van der Waals surface area contributed by atoms with E-state index in [0.29, 0.717) is 19.0 Å². The highest BCUT2D eigenvalue weighted by molar-refractivity contribution is 6.60. The average Bonchev–Trinajstić information content (AvgIpc) is 2.18. The van der Waals surface area contributed by atoms with Crippen molar-refractivity contribution in [3.63, 3.8) is 0 Å². The van der Waals surface area contributed by atoms with Crippen LogP contribution in [0.3, 0.4) is 0 Å². The van der Waals surface area contributed by atoms with Crippen molar-refractivity contribution in [1.82, 2.24) is 5.32 Å². The number of hydrogen-bond acceptors (Lipinski definition) is 6. The van der Waals surface area contributed by atoms with Crippen molar-refractivity contribution < 1.29 is 23.5 Å². The third-order valence-corrected chi connectivity index (χ3v) is 4.88. The van der Waals surface area contributed by atoms with Crippen molar-refractivity contribution in [3.8, 4) is 0 Å². The van der Waals surface area contributed by atoms with Crippen LogP contribution in [0, 0.1) is 0 Å². The molecule has 0 unspecified atom stereocenters. The Morgan fingerprint density at radius 2 is 1.60 bits per heavy atom. The van der Waals surface area contributed by atoms with Gasteiger partial charge in [0.25, 0.3) is 0 Å². The summed E-state index contributed by atoms with van der Waals surface area (Å²) in [6, 6.07) is 0.625. The van der Waals surface area contributed by atoms with Crippen molar-refractivity contribution in [1.29, 1.82) is 0 Å². The first-order valence-electron chi connectivity index (χ1n) is 4.74. The van der Waals surface area contributed by atoms with E-state index >= 15 is 0 Å². The molecule has 0 radical (unpaired) electrons. The van der Waals surface area contributed by atoms with E-state index in [-0.39, 0.29) is 0 Å². The molecule has 3 N–H and O–H groups in total. The van der Waals surface area contributed by atoms with Crippen molar-refractivity contribution in [3.05, 3.63) is 0 Å². The fraction of sp³-hybridized carbons (Fsp3) is 1.00.